The molecule has 0 aromatic heterocycles. The zero-order chi connectivity index (χ0) is 12.5. The van der Waals surface area contributed by atoms with Crippen molar-refractivity contribution in [2.24, 2.45) is 0 Å². The van der Waals surface area contributed by atoms with Crippen LogP contribution in [0.15, 0.2) is 30.3 Å². The van der Waals surface area contributed by atoms with Gasteiger partial charge in [-0.3, -0.25) is 4.90 Å². The van der Waals surface area contributed by atoms with Gasteiger partial charge in [0.05, 0.1) is 6.61 Å². The van der Waals surface area contributed by atoms with Crippen LogP contribution in [-0.2, 0) is 11.3 Å². The summed E-state index contributed by atoms with van der Waals surface area (Å²) in [6.07, 6.45) is 0. The summed E-state index contributed by atoms with van der Waals surface area (Å²) in [6.45, 7) is 5.92. The third-order valence-electron chi connectivity index (χ3n) is 2.95. The molecule has 0 aliphatic rings. The standard InChI is InChI=1S/C14H24N2O/c1-13(11-15-9-10-17-3)16(2)12-14-7-5-4-6-8-14/h4-8,13,15H,9-12H2,1-3H3. The molecule has 1 rings (SSSR count). The van der Waals surface area contributed by atoms with Crippen molar-refractivity contribution in [1.29, 1.82) is 0 Å². The highest BCUT2D eigenvalue weighted by atomic mass is 16.5. The van der Waals surface area contributed by atoms with Crippen LogP contribution in [0.3, 0.4) is 0 Å². The molecule has 0 fully saturated rings. The van der Waals surface area contributed by atoms with Gasteiger partial charge < -0.3 is 10.1 Å². The molecule has 1 unspecified atom stereocenters. The number of hydrogen-bond acceptors (Lipinski definition) is 3. The largest absolute Gasteiger partial charge is 0.383 e. The normalized spacial score (nSPS) is 12.9. The highest BCUT2D eigenvalue weighted by Gasteiger charge is 2.08. The number of hydrogen-bond donors (Lipinski definition) is 1. The van der Waals surface area contributed by atoms with E-state index < -0.39 is 0 Å². The summed E-state index contributed by atoms with van der Waals surface area (Å²) in [5.41, 5.74) is 1.36. The van der Waals surface area contributed by atoms with Crippen LogP contribution in [0.25, 0.3) is 0 Å². The van der Waals surface area contributed by atoms with Gasteiger partial charge in [-0.25, -0.2) is 0 Å². The van der Waals surface area contributed by atoms with E-state index in [1.54, 1.807) is 7.11 Å². The SMILES string of the molecule is COCCNCC(C)N(C)Cc1ccccc1. The van der Waals surface area contributed by atoms with Crippen LogP contribution < -0.4 is 5.32 Å². The van der Waals surface area contributed by atoms with Gasteiger partial charge in [-0.05, 0) is 19.5 Å². The minimum atomic E-state index is 0.520. The van der Waals surface area contributed by atoms with Crippen LogP contribution in [0.4, 0.5) is 0 Å². The summed E-state index contributed by atoms with van der Waals surface area (Å²) in [7, 11) is 3.89. The quantitative estimate of drug-likeness (QED) is 0.696. The maximum Gasteiger partial charge on any atom is 0.0587 e. The van der Waals surface area contributed by atoms with E-state index in [0.717, 1.165) is 26.2 Å². The summed E-state index contributed by atoms with van der Waals surface area (Å²) in [5, 5.41) is 3.39. The number of nitrogens with one attached hydrogen (secondary N) is 1. The molecule has 0 heterocycles. The molecule has 1 N–H and O–H groups in total. The summed E-state index contributed by atoms with van der Waals surface area (Å²) in [4.78, 5) is 2.36. The Kier molecular flexibility index (Phi) is 6.86. The number of methoxy groups -OCH3 is 1. The average molecular weight is 236 g/mol. The van der Waals surface area contributed by atoms with E-state index in [1.165, 1.54) is 5.56 Å². The van der Waals surface area contributed by atoms with Crippen molar-refractivity contribution in [2.75, 3.05) is 33.9 Å². The zero-order valence-electron chi connectivity index (χ0n) is 11.1. The molecule has 0 bridgehead atoms. The molecule has 1 aromatic rings. The Morgan fingerprint density at radius 3 is 2.65 bits per heavy atom. The van der Waals surface area contributed by atoms with Gasteiger partial charge in [-0.2, -0.15) is 0 Å². The Morgan fingerprint density at radius 2 is 2.00 bits per heavy atom. The molecule has 96 valence electrons. The molecular formula is C14H24N2O. The van der Waals surface area contributed by atoms with Crippen LogP contribution in [0, 0.1) is 0 Å². The maximum atomic E-state index is 5.00. The van der Waals surface area contributed by atoms with E-state index in [-0.39, 0.29) is 0 Å². The molecule has 0 radical (unpaired) electrons. The first-order valence-corrected chi connectivity index (χ1v) is 6.18. The molecular weight excluding hydrogens is 212 g/mol. The second kappa shape index (κ2) is 8.23. The van der Waals surface area contributed by atoms with Gasteiger partial charge in [-0.15, -0.1) is 0 Å². The van der Waals surface area contributed by atoms with Gasteiger partial charge >= 0.3 is 0 Å². The van der Waals surface area contributed by atoms with Gasteiger partial charge in [0.25, 0.3) is 0 Å². The van der Waals surface area contributed by atoms with Crippen LogP contribution in [-0.4, -0.2) is 44.8 Å². The summed E-state index contributed by atoms with van der Waals surface area (Å²) in [6, 6.07) is 11.1. The molecule has 0 saturated heterocycles. The minimum absolute atomic E-state index is 0.520. The Bertz CT molecular complexity index is 290. The summed E-state index contributed by atoms with van der Waals surface area (Å²) in [5.74, 6) is 0. The van der Waals surface area contributed by atoms with Gasteiger partial charge in [0.2, 0.25) is 0 Å². The van der Waals surface area contributed by atoms with E-state index in [1.807, 2.05) is 0 Å². The number of rotatable bonds is 8. The molecule has 0 aliphatic heterocycles. The third-order valence-corrected chi connectivity index (χ3v) is 2.95. The Hall–Kier alpha value is -0.900. The summed E-state index contributed by atoms with van der Waals surface area (Å²) >= 11 is 0. The molecule has 0 aliphatic carbocycles. The first-order chi connectivity index (χ1) is 8.24. The van der Waals surface area contributed by atoms with Crippen molar-refractivity contribution in [3.05, 3.63) is 35.9 Å². The first kappa shape index (κ1) is 14.2. The molecule has 0 saturated carbocycles. The summed E-state index contributed by atoms with van der Waals surface area (Å²) < 4.78 is 5.00. The van der Waals surface area contributed by atoms with Crippen molar-refractivity contribution < 1.29 is 4.74 Å². The molecule has 17 heavy (non-hydrogen) atoms. The monoisotopic (exact) mass is 236 g/mol. The Balaban J connectivity index is 2.24. The predicted octanol–water partition coefficient (Wildman–Crippen LogP) is 1.74. The molecule has 0 spiro atoms. The third kappa shape index (κ3) is 5.82. The van der Waals surface area contributed by atoms with Gasteiger partial charge in [0, 0.05) is 32.8 Å². The van der Waals surface area contributed by atoms with Crippen LogP contribution >= 0.6 is 0 Å². The number of benzene rings is 1. The fourth-order valence-electron chi connectivity index (χ4n) is 1.67. The van der Waals surface area contributed by atoms with Gasteiger partial charge in [-0.1, -0.05) is 30.3 Å². The number of ether oxygens (including phenoxy) is 1. The fourth-order valence-corrected chi connectivity index (χ4v) is 1.67. The second-order valence-electron chi connectivity index (χ2n) is 4.45. The lowest BCUT2D eigenvalue weighted by Gasteiger charge is -2.25. The van der Waals surface area contributed by atoms with E-state index in [0.29, 0.717) is 6.04 Å². The molecule has 1 aromatic carbocycles. The highest BCUT2D eigenvalue weighted by molar-refractivity contribution is 5.14. The lowest BCUT2D eigenvalue weighted by molar-refractivity contribution is 0.191. The fraction of sp³-hybridized carbons (Fsp3) is 0.571. The van der Waals surface area contributed by atoms with Gasteiger partial charge in [0.15, 0.2) is 0 Å². The van der Waals surface area contributed by atoms with Crippen LogP contribution in [0.1, 0.15) is 12.5 Å². The zero-order valence-corrected chi connectivity index (χ0v) is 11.1. The lowest BCUT2D eigenvalue weighted by Crippen LogP contribution is -2.38. The van der Waals surface area contributed by atoms with E-state index >= 15 is 0 Å². The van der Waals surface area contributed by atoms with Crippen LogP contribution in [0.5, 0.6) is 0 Å². The van der Waals surface area contributed by atoms with Crippen molar-refractivity contribution in [2.45, 2.75) is 19.5 Å². The first-order valence-electron chi connectivity index (χ1n) is 6.18. The second-order valence-corrected chi connectivity index (χ2v) is 4.45. The number of likely N-dealkylation sites (N-methyl/N-ethyl adjacent to an activating group) is 1. The van der Waals surface area contributed by atoms with Crippen molar-refractivity contribution in [3.8, 4) is 0 Å². The van der Waals surface area contributed by atoms with E-state index in [4.69, 9.17) is 4.74 Å². The molecule has 0 amide bonds. The maximum absolute atomic E-state index is 5.00. The average Bonchev–Trinajstić information content (AvgIpc) is 2.35. The number of nitrogens with zero attached hydrogens (tertiary/aromatic N) is 1. The van der Waals surface area contributed by atoms with Crippen LogP contribution in [0.2, 0.25) is 0 Å². The van der Waals surface area contributed by atoms with Crippen molar-refractivity contribution >= 4 is 0 Å². The van der Waals surface area contributed by atoms with E-state index in [2.05, 4.69) is 54.5 Å². The molecule has 1 atom stereocenters. The van der Waals surface area contributed by atoms with Gasteiger partial charge in [0.1, 0.15) is 0 Å². The van der Waals surface area contributed by atoms with Crippen molar-refractivity contribution in [3.63, 3.8) is 0 Å². The minimum Gasteiger partial charge on any atom is -0.383 e. The van der Waals surface area contributed by atoms with Crippen molar-refractivity contribution in [1.82, 2.24) is 10.2 Å². The Morgan fingerprint density at radius 1 is 1.29 bits per heavy atom. The topological polar surface area (TPSA) is 24.5 Å². The Labute approximate surface area is 105 Å². The smallest absolute Gasteiger partial charge is 0.0587 e. The highest BCUT2D eigenvalue weighted by Crippen LogP contribution is 2.05. The molecule has 3 heteroatoms. The predicted molar refractivity (Wildman–Crippen MR) is 72.1 cm³/mol. The lowest BCUT2D eigenvalue weighted by atomic mass is 10.2. The van der Waals surface area contributed by atoms with E-state index in [9.17, 15) is 0 Å². The molecule has 3 nitrogen and oxygen atoms in total.